The Bertz CT molecular complexity index is 268. The number of hydrogen-bond donors (Lipinski definition) is 0. The highest BCUT2D eigenvalue weighted by molar-refractivity contribution is 4.95. The number of aromatic nitrogens is 3. The van der Waals surface area contributed by atoms with Crippen LogP contribution in [-0.4, -0.2) is 14.8 Å². The third-order valence-corrected chi connectivity index (χ3v) is 1.37. The minimum atomic E-state index is 0.279. The second-order valence-electron chi connectivity index (χ2n) is 2.55. The van der Waals surface area contributed by atoms with Crippen LogP contribution in [0.1, 0.15) is 25.7 Å². The molecule has 0 saturated heterocycles. The fourth-order valence-electron chi connectivity index (χ4n) is 0.903. The van der Waals surface area contributed by atoms with Crippen LogP contribution in [0.25, 0.3) is 0 Å². The van der Waals surface area contributed by atoms with Crippen LogP contribution in [0.2, 0.25) is 0 Å². The van der Waals surface area contributed by atoms with Gasteiger partial charge in [0.2, 0.25) is 0 Å². The molecule has 0 N–H and O–H groups in total. The SMILES string of the molecule is CC(C)n1ncnc1CC#N. The smallest absolute Gasteiger partial charge is 0.141 e. The summed E-state index contributed by atoms with van der Waals surface area (Å²) in [7, 11) is 0. The highest BCUT2D eigenvalue weighted by atomic mass is 15.3. The van der Waals surface area contributed by atoms with E-state index < -0.39 is 0 Å². The van der Waals surface area contributed by atoms with Crippen LogP contribution >= 0.6 is 0 Å². The van der Waals surface area contributed by atoms with Gasteiger partial charge in [0.25, 0.3) is 0 Å². The van der Waals surface area contributed by atoms with Gasteiger partial charge in [-0.1, -0.05) is 0 Å². The van der Waals surface area contributed by atoms with Crippen molar-refractivity contribution < 1.29 is 0 Å². The summed E-state index contributed by atoms with van der Waals surface area (Å²) in [4.78, 5) is 3.96. The van der Waals surface area contributed by atoms with Crippen molar-refractivity contribution in [1.29, 1.82) is 5.26 Å². The normalized spacial score (nSPS) is 10.0. The molecule has 0 bridgehead atoms. The van der Waals surface area contributed by atoms with Crippen LogP contribution < -0.4 is 0 Å². The molecule has 11 heavy (non-hydrogen) atoms. The van der Waals surface area contributed by atoms with E-state index >= 15 is 0 Å². The molecule has 0 aromatic carbocycles. The minimum Gasteiger partial charge on any atom is -0.247 e. The first-order chi connectivity index (χ1) is 5.25. The van der Waals surface area contributed by atoms with Gasteiger partial charge in [0.15, 0.2) is 0 Å². The number of nitrogens with zero attached hydrogens (tertiary/aromatic N) is 4. The molecule has 0 spiro atoms. The standard InChI is InChI=1S/C7H10N4/c1-6(2)11-7(3-4-8)9-5-10-11/h5-6H,3H2,1-2H3. The fourth-order valence-corrected chi connectivity index (χ4v) is 0.903. The summed E-state index contributed by atoms with van der Waals surface area (Å²) < 4.78 is 1.75. The first-order valence-electron chi connectivity index (χ1n) is 3.51. The second-order valence-corrected chi connectivity index (χ2v) is 2.55. The van der Waals surface area contributed by atoms with Crippen molar-refractivity contribution >= 4 is 0 Å². The van der Waals surface area contributed by atoms with Gasteiger partial charge in [-0.3, -0.25) is 0 Å². The molecular weight excluding hydrogens is 140 g/mol. The van der Waals surface area contributed by atoms with Crippen molar-refractivity contribution in [2.24, 2.45) is 0 Å². The molecule has 0 unspecified atom stereocenters. The third-order valence-electron chi connectivity index (χ3n) is 1.37. The van der Waals surface area contributed by atoms with Crippen LogP contribution in [-0.2, 0) is 6.42 Å². The second kappa shape index (κ2) is 3.15. The molecule has 1 aromatic heterocycles. The average Bonchev–Trinajstić information content (AvgIpc) is 2.36. The van der Waals surface area contributed by atoms with Crippen molar-refractivity contribution in [2.45, 2.75) is 26.3 Å². The van der Waals surface area contributed by atoms with Gasteiger partial charge in [-0.05, 0) is 13.8 Å². The lowest BCUT2D eigenvalue weighted by molar-refractivity contribution is 0.512. The molecule has 0 amide bonds. The first kappa shape index (κ1) is 7.73. The molecule has 1 aromatic rings. The summed E-state index contributed by atoms with van der Waals surface area (Å²) in [5.74, 6) is 0.738. The van der Waals surface area contributed by atoms with E-state index in [0.717, 1.165) is 5.82 Å². The lowest BCUT2D eigenvalue weighted by Crippen LogP contribution is -2.07. The zero-order chi connectivity index (χ0) is 8.27. The average molecular weight is 150 g/mol. The van der Waals surface area contributed by atoms with E-state index in [-0.39, 0.29) is 6.04 Å². The van der Waals surface area contributed by atoms with E-state index in [1.165, 1.54) is 6.33 Å². The van der Waals surface area contributed by atoms with Gasteiger partial charge in [-0.15, -0.1) is 0 Å². The van der Waals surface area contributed by atoms with Crippen molar-refractivity contribution in [1.82, 2.24) is 14.8 Å². The van der Waals surface area contributed by atoms with Crippen molar-refractivity contribution in [3.05, 3.63) is 12.2 Å². The summed E-state index contributed by atoms with van der Waals surface area (Å²) in [5, 5.41) is 12.4. The maximum absolute atomic E-state index is 8.41. The first-order valence-corrected chi connectivity index (χ1v) is 3.51. The molecule has 0 aliphatic heterocycles. The lowest BCUT2D eigenvalue weighted by atomic mass is 10.3. The zero-order valence-corrected chi connectivity index (χ0v) is 6.65. The molecule has 0 saturated carbocycles. The molecule has 1 heterocycles. The van der Waals surface area contributed by atoms with Crippen LogP contribution in [0, 0.1) is 11.3 Å². The molecule has 0 aliphatic carbocycles. The topological polar surface area (TPSA) is 54.5 Å². The molecule has 4 heteroatoms. The Morgan fingerprint density at radius 1 is 1.73 bits per heavy atom. The Balaban J connectivity index is 2.89. The Labute approximate surface area is 65.5 Å². The quantitative estimate of drug-likeness (QED) is 0.630. The van der Waals surface area contributed by atoms with E-state index in [2.05, 4.69) is 10.1 Å². The van der Waals surface area contributed by atoms with Crippen LogP contribution in [0.15, 0.2) is 6.33 Å². The van der Waals surface area contributed by atoms with E-state index in [0.29, 0.717) is 6.42 Å². The van der Waals surface area contributed by atoms with E-state index in [4.69, 9.17) is 5.26 Å². The zero-order valence-electron chi connectivity index (χ0n) is 6.65. The van der Waals surface area contributed by atoms with Gasteiger partial charge >= 0.3 is 0 Å². The summed E-state index contributed by atoms with van der Waals surface area (Å²) in [5.41, 5.74) is 0. The molecule has 1 rings (SSSR count). The Morgan fingerprint density at radius 2 is 2.45 bits per heavy atom. The van der Waals surface area contributed by atoms with Gasteiger partial charge in [0.1, 0.15) is 12.2 Å². The van der Waals surface area contributed by atoms with Gasteiger partial charge in [0, 0.05) is 6.04 Å². The summed E-state index contributed by atoms with van der Waals surface area (Å²) in [6.45, 7) is 4.02. The molecule has 4 nitrogen and oxygen atoms in total. The highest BCUT2D eigenvalue weighted by Gasteiger charge is 2.05. The number of nitriles is 1. The van der Waals surface area contributed by atoms with Gasteiger partial charge < -0.3 is 0 Å². The van der Waals surface area contributed by atoms with Crippen molar-refractivity contribution in [3.63, 3.8) is 0 Å². The van der Waals surface area contributed by atoms with Crippen molar-refractivity contribution in [2.75, 3.05) is 0 Å². The molecule has 0 aliphatic rings. The van der Waals surface area contributed by atoms with Gasteiger partial charge in [-0.2, -0.15) is 10.4 Å². The third kappa shape index (κ3) is 1.55. The van der Waals surface area contributed by atoms with E-state index in [1.54, 1.807) is 4.68 Å². The van der Waals surface area contributed by atoms with E-state index in [9.17, 15) is 0 Å². The summed E-state index contributed by atoms with van der Waals surface area (Å²) >= 11 is 0. The van der Waals surface area contributed by atoms with E-state index in [1.807, 2.05) is 19.9 Å². The Hall–Kier alpha value is -1.37. The van der Waals surface area contributed by atoms with Gasteiger partial charge in [-0.25, -0.2) is 9.67 Å². The number of hydrogen-bond acceptors (Lipinski definition) is 3. The Kier molecular flexibility index (Phi) is 2.21. The molecular formula is C7H10N4. The summed E-state index contributed by atoms with van der Waals surface area (Å²) in [6.07, 6.45) is 1.81. The monoisotopic (exact) mass is 150 g/mol. The number of rotatable bonds is 2. The lowest BCUT2D eigenvalue weighted by Gasteiger charge is -2.05. The van der Waals surface area contributed by atoms with Crippen molar-refractivity contribution in [3.8, 4) is 6.07 Å². The van der Waals surface area contributed by atoms with Gasteiger partial charge in [0.05, 0.1) is 12.5 Å². The molecule has 0 atom stereocenters. The maximum Gasteiger partial charge on any atom is 0.141 e. The van der Waals surface area contributed by atoms with Crippen LogP contribution in [0.5, 0.6) is 0 Å². The largest absolute Gasteiger partial charge is 0.247 e. The minimum absolute atomic E-state index is 0.279. The van der Waals surface area contributed by atoms with Crippen LogP contribution in [0.4, 0.5) is 0 Å². The fraction of sp³-hybridized carbons (Fsp3) is 0.571. The summed E-state index contributed by atoms with van der Waals surface area (Å²) in [6, 6.07) is 2.32. The predicted octanol–water partition coefficient (Wildman–Crippen LogP) is 0.925. The Morgan fingerprint density at radius 3 is 3.00 bits per heavy atom. The maximum atomic E-state index is 8.41. The predicted molar refractivity (Wildman–Crippen MR) is 39.7 cm³/mol. The van der Waals surface area contributed by atoms with Crippen LogP contribution in [0.3, 0.4) is 0 Å². The highest BCUT2D eigenvalue weighted by Crippen LogP contribution is 2.04. The molecule has 58 valence electrons. The molecule has 0 fully saturated rings. The molecule has 0 radical (unpaired) electrons.